The molecule has 1 aromatic heterocycles. The van der Waals surface area contributed by atoms with Gasteiger partial charge in [-0.3, -0.25) is 4.79 Å². The molecule has 0 unspecified atom stereocenters. The maximum absolute atomic E-state index is 12.3. The number of benzene rings is 1. The van der Waals surface area contributed by atoms with Crippen molar-refractivity contribution in [3.05, 3.63) is 24.1 Å². The summed E-state index contributed by atoms with van der Waals surface area (Å²) < 4.78 is 5.77. The maximum atomic E-state index is 12.3. The first-order chi connectivity index (χ1) is 10.7. The molecular formula is C17H21N3O2. The molecule has 1 aromatic carbocycles. The fourth-order valence-corrected chi connectivity index (χ4v) is 3.06. The molecule has 1 atom stereocenters. The Morgan fingerprint density at radius 3 is 2.86 bits per heavy atom. The van der Waals surface area contributed by atoms with Crippen molar-refractivity contribution in [2.45, 2.75) is 44.6 Å². The molecule has 5 heteroatoms. The smallest absolute Gasteiger partial charge is 0.244 e. The summed E-state index contributed by atoms with van der Waals surface area (Å²) in [5.41, 5.74) is 2.61. The molecule has 1 amide bonds. The second-order valence-electron chi connectivity index (χ2n) is 6.41. The van der Waals surface area contributed by atoms with E-state index in [2.05, 4.69) is 10.3 Å². The average molecular weight is 299 g/mol. The van der Waals surface area contributed by atoms with Crippen molar-refractivity contribution in [2.24, 2.45) is 0 Å². The minimum atomic E-state index is -0.217. The molecule has 4 rings (SSSR count). The maximum Gasteiger partial charge on any atom is 0.244 e. The van der Waals surface area contributed by atoms with Gasteiger partial charge in [0.2, 0.25) is 5.91 Å². The van der Waals surface area contributed by atoms with Crippen LogP contribution in [0.4, 0.5) is 5.69 Å². The number of rotatable bonds is 4. The summed E-state index contributed by atoms with van der Waals surface area (Å²) in [6.07, 6.45) is 4.60. The summed E-state index contributed by atoms with van der Waals surface area (Å²) in [6.45, 7) is 3.69. The zero-order valence-corrected chi connectivity index (χ0v) is 12.8. The Hall–Kier alpha value is -2.04. The molecule has 22 heavy (non-hydrogen) atoms. The van der Waals surface area contributed by atoms with Gasteiger partial charge >= 0.3 is 0 Å². The zero-order chi connectivity index (χ0) is 15.1. The van der Waals surface area contributed by atoms with Crippen LogP contribution in [0.5, 0.6) is 0 Å². The van der Waals surface area contributed by atoms with Gasteiger partial charge in [0, 0.05) is 24.7 Å². The van der Waals surface area contributed by atoms with Crippen molar-refractivity contribution in [3.63, 3.8) is 0 Å². The summed E-state index contributed by atoms with van der Waals surface area (Å²) in [5.74, 6) is 1.55. The molecule has 0 radical (unpaired) electrons. The molecule has 2 fully saturated rings. The first kappa shape index (κ1) is 13.6. The molecule has 1 aliphatic heterocycles. The minimum Gasteiger partial charge on any atom is -0.440 e. The number of hydrogen-bond donors (Lipinski definition) is 1. The van der Waals surface area contributed by atoms with E-state index < -0.39 is 0 Å². The molecule has 2 heterocycles. The van der Waals surface area contributed by atoms with Gasteiger partial charge in [-0.1, -0.05) is 0 Å². The Morgan fingerprint density at radius 1 is 1.36 bits per heavy atom. The number of nitrogens with zero attached hydrogens (tertiary/aromatic N) is 2. The fraction of sp³-hybridized carbons (Fsp3) is 0.529. The van der Waals surface area contributed by atoms with Crippen LogP contribution in [0.15, 0.2) is 22.6 Å². The average Bonchev–Trinajstić information content (AvgIpc) is 3.07. The number of anilines is 1. The number of nitrogens with one attached hydrogen (secondary N) is 1. The lowest BCUT2D eigenvalue weighted by molar-refractivity contribution is -0.130. The summed E-state index contributed by atoms with van der Waals surface area (Å²) in [5, 5.41) is 3.29. The van der Waals surface area contributed by atoms with E-state index in [-0.39, 0.29) is 11.9 Å². The third-order valence-electron chi connectivity index (χ3n) is 4.50. The second-order valence-corrected chi connectivity index (χ2v) is 6.41. The van der Waals surface area contributed by atoms with Crippen molar-refractivity contribution < 1.29 is 9.21 Å². The highest BCUT2D eigenvalue weighted by Gasteiger charge is 2.29. The number of likely N-dealkylation sites (tertiary alicyclic amines) is 1. The quantitative estimate of drug-likeness (QED) is 0.942. The largest absolute Gasteiger partial charge is 0.440 e. The number of oxazole rings is 1. The van der Waals surface area contributed by atoms with Crippen LogP contribution < -0.4 is 5.32 Å². The Morgan fingerprint density at radius 2 is 2.14 bits per heavy atom. The molecule has 2 aliphatic rings. The van der Waals surface area contributed by atoms with Gasteiger partial charge < -0.3 is 14.6 Å². The van der Waals surface area contributed by atoms with Crippen LogP contribution in [0.25, 0.3) is 11.1 Å². The van der Waals surface area contributed by atoms with Gasteiger partial charge in [-0.2, -0.15) is 0 Å². The summed E-state index contributed by atoms with van der Waals surface area (Å²) in [6, 6.07) is 5.64. The lowest BCUT2D eigenvalue weighted by atomic mass is 10.2. The van der Waals surface area contributed by atoms with Gasteiger partial charge in [0.25, 0.3) is 0 Å². The van der Waals surface area contributed by atoms with E-state index in [9.17, 15) is 4.79 Å². The highest BCUT2D eigenvalue weighted by atomic mass is 16.3. The van der Waals surface area contributed by atoms with Crippen LogP contribution in [0.2, 0.25) is 0 Å². The van der Waals surface area contributed by atoms with Crippen LogP contribution in [-0.4, -0.2) is 34.9 Å². The van der Waals surface area contributed by atoms with E-state index in [4.69, 9.17) is 4.42 Å². The van der Waals surface area contributed by atoms with Crippen molar-refractivity contribution >= 4 is 22.7 Å². The summed E-state index contributed by atoms with van der Waals surface area (Å²) in [7, 11) is 0. The predicted octanol–water partition coefficient (Wildman–Crippen LogP) is 3.13. The molecule has 116 valence electrons. The van der Waals surface area contributed by atoms with E-state index in [1.807, 2.05) is 30.0 Å². The zero-order valence-electron chi connectivity index (χ0n) is 12.8. The third kappa shape index (κ3) is 2.56. The van der Waals surface area contributed by atoms with Gasteiger partial charge in [0.15, 0.2) is 11.5 Å². The van der Waals surface area contributed by atoms with Gasteiger partial charge in [-0.25, -0.2) is 4.98 Å². The summed E-state index contributed by atoms with van der Waals surface area (Å²) >= 11 is 0. The molecule has 1 aliphatic carbocycles. The number of carbonyl (C=O) groups is 1. The first-order valence-corrected chi connectivity index (χ1v) is 8.16. The van der Waals surface area contributed by atoms with Gasteiger partial charge in [-0.05, 0) is 50.8 Å². The monoisotopic (exact) mass is 299 g/mol. The van der Waals surface area contributed by atoms with E-state index in [0.717, 1.165) is 48.6 Å². The lowest BCUT2D eigenvalue weighted by Gasteiger charge is -2.21. The van der Waals surface area contributed by atoms with Gasteiger partial charge in [0.05, 0.1) is 0 Å². The van der Waals surface area contributed by atoms with Gasteiger partial charge in [0.1, 0.15) is 11.6 Å². The molecule has 1 saturated carbocycles. The van der Waals surface area contributed by atoms with E-state index in [1.54, 1.807) is 0 Å². The van der Waals surface area contributed by atoms with Crippen molar-refractivity contribution in [1.29, 1.82) is 0 Å². The van der Waals surface area contributed by atoms with Crippen molar-refractivity contribution in [2.75, 3.05) is 18.4 Å². The second kappa shape index (κ2) is 5.30. The molecule has 1 saturated heterocycles. The molecule has 0 bridgehead atoms. The summed E-state index contributed by atoms with van der Waals surface area (Å²) in [4.78, 5) is 18.8. The Balaban J connectivity index is 1.49. The van der Waals surface area contributed by atoms with Crippen LogP contribution >= 0.6 is 0 Å². The topological polar surface area (TPSA) is 58.4 Å². The molecular weight excluding hydrogens is 278 g/mol. The van der Waals surface area contributed by atoms with Crippen LogP contribution in [0.3, 0.4) is 0 Å². The molecule has 0 spiro atoms. The number of fused-ring (bicyclic) bond motifs is 1. The number of aromatic nitrogens is 1. The molecule has 1 N–H and O–H groups in total. The lowest BCUT2D eigenvalue weighted by Crippen LogP contribution is -2.39. The van der Waals surface area contributed by atoms with E-state index in [0.29, 0.717) is 5.92 Å². The van der Waals surface area contributed by atoms with Crippen molar-refractivity contribution in [1.82, 2.24) is 9.88 Å². The van der Waals surface area contributed by atoms with Gasteiger partial charge in [-0.15, -0.1) is 0 Å². The first-order valence-electron chi connectivity index (χ1n) is 8.16. The third-order valence-corrected chi connectivity index (χ3v) is 4.50. The fourth-order valence-electron chi connectivity index (χ4n) is 3.06. The van der Waals surface area contributed by atoms with E-state index >= 15 is 0 Å². The van der Waals surface area contributed by atoms with Crippen LogP contribution in [0, 0.1) is 0 Å². The Bertz CT molecular complexity index is 699. The minimum absolute atomic E-state index is 0.177. The SMILES string of the molecule is C[C@@H](Nc1ccc2oc(C3CC3)nc2c1)C(=O)N1CCCC1. The number of amides is 1. The van der Waals surface area contributed by atoms with Crippen LogP contribution in [0.1, 0.15) is 44.4 Å². The number of hydrogen-bond acceptors (Lipinski definition) is 4. The van der Waals surface area contributed by atoms with Crippen LogP contribution in [-0.2, 0) is 4.79 Å². The Kier molecular flexibility index (Phi) is 3.28. The molecule has 2 aromatic rings. The highest BCUT2D eigenvalue weighted by Crippen LogP contribution is 2.40. The molecule has 5 nitrogen and oxygen atoms in total. The highest BCUT2D eigenvalue weighted by molar-refractivity contribution is 5.85. The number of carbonyl (C=O) groups excluding carboxylic acids is 1. The normalized spacial score (nSPS) is 19.6. The van der Waals surface area contributed by atoms with E-state index in [1.165, 1.54) is 12.8 Å². The standard InChI is InChI=1S/C17H21N3O2/c1-11(17(21)20-8-2-3-9-20)18-13-6-7-15-14(10-13)19-16(22-15)12-4-5-12/h6-7,10-12,18H,2-5,8-9H2,1H3/t11-/m1/s1. The van der Waals surface area contributed by atoms with Crippen molar-refractivity contribution in [3.8, 4) is 0 Å². The predicted molar refractivity (Wildman–Crippen MR) is 84.9 cm³/mol. The Labute approximate surface area is 129 Å².